The van der Waals surface area contributed by atoms with E-state index in [2.05, 4.69) is 0 Å². The summed E-state index contributed by atoms with van der Waals surface area (Å²) in [6.07, 6.45) is -5.00. The molecule has 0 aromatic carbocycles. The molecule has 2 rings (SSSR count). The van der Waals surface area contributed by atoms with Crippen molar-refractivity contribution < 1.29 is 21.6 Å². The van der Waals surface area contributed by atoms with Crippen LogP contribution in [0.1, 0.15) is 17.7 Å². The van der Waals surface area contributed by atoms with Crippen LogP contribution in [0.15, 0.2) is 16.3 Å². The Morgan fingerprint density at radius 3 is 2.39 bits per heavy atom. The Morgan fingerprint density at radius 1 is 1.39 bits per heavy atom. The smallest absolute Gasteiger partial charge is 0.326 e. The molecule has 9 heteroatoms. The van der Waals surface area contributed by atoms with Crippen LogP contribution in [0.3, 0.4) is 0 Å². The van der Waals surface area contributed by atoms with Crippen molar-refractivity contribution in [2.24, 2.45) is 5.73 Å². The van der Waals surface area contributed by atoms with Gasteiger partial charge >= 0.3 is 6.18 Å². The molecule has 102 valence electrons. The molecule has 1 fully saturated rings. The zero-order chi connectivity index (χ0) is 13.6. The Labute approximate surface area is 106 Å². The Kier molecular flexibility index (Phi) is 3.21. The first kappa shape index (κ1) is 13.8. The minimum Gasteiger partial charge on any atom is -0.326 e. The number of hydrogen-bond donors (Lipinski definition) is 2. The third kappa shape index (κ3) is 2.40. The van der Waals surface area contributed by atoms with Gasteiger partial charge in [0.15, 0.2) is 0 Å². The van der Waals surface area contributed by atoms with E-state index in [1.807, 2.05) is 0 Å². The molecule has 1 heterocycles. The summed E-state index contributed by atoms with van der Waals surface area (Å²) in [5.41, 5.74) is 3.05. The average Bonchev–Trinajstić information content (AvgIpc) is 2.86. The van der Waals surface area contributed by atoms with E-state index in [9.17, 15) is 21.6 Å². The third-order valence-corrected chi connectivity index (χ3v) is 5.86. The van der Waals surface area contributed by atoms with Crippen molar-refractivity contribution in [1.82, 2.24) is 4.72 Å². The van der Waals surface area contributed by atoms with Crippen molar-refractivity contribution in [3.63, 3.8) is 0 Å². The fraction of sp³-hybridized carbons (Fsp3) is 0.556. The van der Waals surface area contributed by atoms with Gasteiger partial charge < -0.3 is 5.73 Å². The van der Waals surface area contributed by atoms with Gasteiger partial charge in [0.05, 0.1) is 0 Å². The molecule has 1 aliphatic rings. The summed E-state index contributed by atoms with van der Waals surface area (Å²) < 4.78 is 63.3. The highest BCUT2D eigenvalue weighted by atomic mass is 32.2. The summed E-state index contributed by atoms with van der Waals surface area (Å²) in [7, 11) is -4.13. The Hall–Kier alpha value is -0.640. The van der Waals surface area contributed by atoms with E-state index in [1.165, 1.54) is 12.1 Å². The number of sulfonamides is 1. The molecule has 1 aromatic rings. The normalized spacial score (nSPS) is 18.9. The van der Waals surface area contributed by atoms with Crippen molar-refractivity contribution in [1.29, 1.82) is 0 Å². The van der Waals surface area contributed by atoms with Crippen LogP contribution in [0.4, 0.5) is 13.2 Å². The van der Waals surface area contributed by atoms with Crippen LogP contribution in [-0.2, 0) is 16.6 Å². The number of thiophene rings is 1. The van der Waals surface area contributed by atoms with Gasteiger partial charge in [0.25, 0.3) is 10.0 Å². The molecule has 4 nitrogen and oxygen atoms in total. The van der Waals surface area contributed by atoms with Crippen molar-refractivity contribution in [2.75, 3.05) is 0 Å². The molecule has 0 aliphatic heterocycles. The van der Waals surface area contributed by atoms with Crippen molar-refractivity contribution in [3.8, 4) is 0 Å². The van der Waals surface area contributed by atoms with Crippen LogP contribution in [0.5, 0.6) is 0 Å². The number of hydrogen-bond acceptors (Lipinski definition) is 4. The highest BCUT2D eigenvalue weighted by molar-refractivity contribution is 7.91. The number of halogens is 3. The lowest BCUT2D eigenvalue weighted by molar-refractivity contribution is -0.160. The second-order valence-corrected chi connectivity index (χ2v) is 7.19. The monoisotopic (exact) mass is 300 g/mol. The zero-order valence-electron chi connectivity index (χ0n) is 9.12. The summed E-state index contributed by atoms with van der Waals surface area (Å²) in [6.45, 7) is 0.157. The minimum atomic E-state index is -4.56. The molecule has 0 spiro atoms. The maximum absolute atomic E-state index is 12.7. The number of alkyl halides is 3. The van der Waals surface area contributed by atoms with Gasteiger partial charge in [-0.05, 0) is 25.0 Å². The molecule has 0 atom stereocenters. The summed E-state index contributed by atoms with van der Waals surface area (Å²) in [6, 6.07) is 2.76. The predicted molar refractivity (Wildman–Crippen MR) is 60.6 cm³/mol. The van der Waals surface area contributed by atoms with Gasteiger partial charge in [-0.3, -0.25) is 0 Å². The molecule has 0 bridgehead atoms. The molecular weight excluding hydrogens is 289 g/mol. The van der Waals surface area contributed by atoms with Gasteiger partial charge in [0.1, 0.15) is 9.75 Å². The van der Waals surface area contributed by atoms with Gasteiger partial charge in [-0.25, -0.2) is 8.42 Å². The molecule has 1 saturated carbocycles. The number of nitrogens with two attached hydrogens (primary N) is 1. The van der Waals surface area contributed by atoms with E-state index in [1.54, 1.807) is 4.72 Å². The maximum Gasteiger partial charge on any atom is 0.407 e. The summed E-state index contributed by atoms with van der Waals surface area (Å²) in [5.74, 6) is 0. The van der Waals surface area contributed by atoms with Crippen molar-refractivity contribution in [2.45, 2.75) is 35.3 Å². The molecule has 0 unspecified atom stereocenters. The molecule has 18 heavy (non-hydrogen) atoms. The Balaban J connectivity index is 2.23. The van der Waals surface area contributed by atoms with Crippen LogP contribution in [0.25, 0.3) is 0 Å². The molecule has 0 amide bonds. The predicted octanol–water partition coefficient (Wildman–Crippen LogP) is 1.58. The maximum atomic E-state index is 12.7. The standard InChI is InChI=1S/C9H11F3N2O2S2/c10-9(11,12)8(3-4-8)14-18(15,16)7-2-1-6(5-13)17-7/h1-2,14H,3-5,13H2. The first-order valence-corrected chi connectivity index (χ1v) is 7.40. The fourth-order valence-electron chi connectivity index (χ4n) is 1.49. The SMILES string of the molecule is NCc1ccc(S(=O)(=O)NC2(C(F)(F)F)CC2)s1. The summed E-state index contributed by atoms with van der Waals surface area (Å²) in [4.78, 5) is 0.604. The Bertz CT molecular complexity index is 546. The van der Waals surface area contributed by atoms with Crippen LogP contribution in [0, 0.1) is 0 Å². The van der Waals surface area contributed by atoms with Gasteiger partial charge in [-0.1, -0.05) is 0 Å². The largest absolute Gasteiger partial charge is 0.407 e. The number of rotatable bonds is 4. The van der Waals surface area contributed by atoms with E-state index < -0.39 is 21.7 Å². The van der Waals surface area contributed by atoms with Gasteiger partial charge in [-0.15, -0.1) is 11.3 Å². The van der Waals surface area contributed by atoms with Crippen LogP contribution >= 0.6 is 11.3 Å². The van der Waals surface area contributed by atoms with E-state index in [4.69, 9.17) is 5.73 Å². The second kappa shape index (κ2) is 4.19. The second-order valence-electron chi connectivity index (χ2n) is 4.11. The molecular formula is C9H11F3N2O2S2. The quantitative estimate of drug-likeness (QED) is 0.887. The highest BCUT2D eigenvalue weighted by Gasteiger charge is 2.65. The average molecular weight is 300 g/mol. The molecule has 1 aliphatic carbocycles. The van der Waals surface area contributed by atoms with E-state index in [0.29, 0.717) is 4.88 Å². The molecule has 0 saturated heterocycles. The van der Waals surface area contributed by atoms with E-state index in [0.717, 1.165) is 11.3 Å². The Morgan fingerprint density at radius 2 is 2.00 bits per heavy atom. The summed E-state index contributed by atoms with van der Waals surface area (Å²) in [5, 5.41) is 0. The van der Waals surface area contributed by atoms with Crippen molar-refractivity contribution in [3.05, 3.63) is 17.0 Å². The van der Waals surface area contributed by atoms with Crippen LogP contribution in [-0.4, -0.2) is 20.1 Å². The molecule has 0 radical (unpaired) electrons. The first-order valence-electron chi connectivity index (χ1n) is 5.10. The first-order chi connectivity index (χ1) is 8.20. The summed E-state index contributed by atoms with van der Waals surface area (Å²) >= 11 is 0.876. The third-order valence-electron chi connectivity index (χ3n) is 2.73. The van der Waals surface area contributed by atoms with Crippen LogP contribution in [0.2, 0.25) is 0 Å². The molecule has 1 aromatic heterocycles. The van der Waals surface area contributed by atoms with Gasteiger partial charge in [0, 0.05) is 11.4 Å². The van der Waals surface area contributed by atoms with Gasteiger partial charge in [-0.2, -0.15) is 17.9 Å². The fourth-order valence-corrected chi connectivity index (χ4v) is 4.17. The molecule has 3 N–H and O–H groups in total. The topological polar surface area (TPSA) is 72.2 Å². The minimum absolute atomic E-state index is 0.140. The van der Waals surface area contributed by atoms with E-state index >= 15 is 0 Å². The lowest BCUT2D eigenvalue weighted by atomic mass is 10.3. The lowest BCUT2D eigenvalue weighted by Gasteiger charge is -2.19. The van der Waals surface area contributed by atoms with Gasteiger partial charge in [0.2, 0.25) is 0 Å². The lowest BCUT2D eigenvalue weighted by Crippen LogP contribution is -2.47. The zero-order valence-corrected chi connectivity index (χ0v) is 10.8. The number of nitrogens with one attached hydrogen (secondary N) is 1. The van der Waals surface area contributed by atoms with Crippen molar-refractivity contribution >= 4 is 21.4 Å². The van der Waals surface area contributed by atoms with E-state index in [-0.39, 0.29) is 23.6 Å². The van der Waals surface area contributed by atoms with Crippen LogP contribution < -0.4 is 10.5 Å². The highest BCUT2D eigenvalue weighted by Crippen LogP contribution is 2.49.